The summed E-state index contributed by atoms with van der Waals surface area (Å²) >= 11 is 0.0462. The maximum absolute atomic E-state index is 13.4. The van der Waals surface area contributed by atoms with E-state index in [1.165, 1.54) is 77.5 Å². The summed E-state index contributed by atoms with van der Waals surface area (Å²) in [6.07, 6.45) is 33.6. The van der Waals surface area contributed by atoms with Crippen LogP contribution in [0.25, 0.3) is 0 Å². The molecule has 0 aromatic heterocycles. The van der Waals surface area contributed by atoms with Crippen LogP contribution in [0.1, 0.15) is 136 Å². The van der Waals surface area contributed by atoms with Crippen LogP contribution in [0, 0.1) is 17.3 Å². The van der Waals surface area contributed by atoms with Crippen molar-refractivity contribution < 1.29 is 19.4 Å². The molecule has 1 N–H and O–H groups in total. The molecule has 0 aromatic carbocycles. The van der Waals surface area contributed by atoms with Crippen LogP contribution in [0.3, 0.4) is 0 Å². The normalized spacial score (nSPS) is 33.1. The van der Waals surface area contributed by atoms with Gasteiger partial charge < -0.3 is 14.7 Å². The number of halogens is 1. The van der Waals surface area contributed by atoms with Gasteiger partial charge in [-0.05, 0) is 35.7 Å². The first-order valence-corrected chi connectivity index (χ1v) is 30.6. The number of unbranched alkanes of at least 4 members (excludes halogenated alkanes) is 4. The molecule has 6 nitrogen and oxygen atoms in total. The number of piperidine rings is 2. The quantitative estimate of drug-likeness (QED) is 0.0460. The Kier molecular flexibility index (Phi) is 18.1. The van der Waals surface area contributed by atoms with Gasteiger partial charge in [0.2, 0.25) is 5.91 Å². The number of rotatable bonds is 19. The van der Waals surface area contributed by atoms with Crippen LogP contribution >= 0.6 is 22.6 Å². The molecule has 0 radical (unpaired) electrons. The summed E-state index contributed by atoms with van der Waals surface area (Å²) in [6.45, 7) is 9.95. The summed E-state index contributed by atoms with van der Waals surface area (Å²) in [5.41, 5.74) is -0.460. The van der Waals surface area contributed by atoms with Crippen LogP contribution in [0.4, 0.5) is 0 Å². The first-order valence-electron chi connectivity index (χ1n) is 21.7. The monoisotopic (exact) mass is 940 g/mol. The first kappa shape index (κ1) is 42.9. The molecule has 5 rings (SSSR count). The van der Waals surface area contributed by atoms with Gasteiger partial charge in [-0.15, -0.1) is 0 Å². The fourth-order valence-electron chi connectivity index (χ4n) is 10.4. The molecule has 0 saturated carbocycles. The van der Waals surface area contributed by atoms with Gasteiger partial charge in [0.15, 0.2) is 0 Å². The number of hydrogen-bond acceptors (Lipinski definition) is 5. The van der Waals surface area contributed by atoms with Crippen molar-refractivity contribution in [3.63, 3.8) is 0 Å². The van der Waals surface area contributed by atoms with E-state index >= 15 is 0 Å². The Bertz CT molecular complexity index is 1190. The minimum atomic E-state index is -2.23. The van der Waals surface area contributed by atoms with Gasteiger partial charge in [0.1, 0.15) is 6.23 Å². The topological polar surface area (TPSA) is 62.2 Å². The van der Waals surface area contributed by atoms with Crippen LogP contribution in [-0.2, 0) is 14.3 Å². The molecule has 4 aliphatic heterocycles. The predicted molar refractivity (Wildman–Crippen MR) is 227 cm³/mol. The van der Waals surface area contributed by atoms with Crippen molar-refractivity contribution in [3.8, 4) is 0 Å². The molecule has 1 aliphatic carbocycles. The van der Waals surface area contributed by atoms with Crippen LogP contribution in [0.5, 0.6) is 0 Å². The van der Waals surface area contributed by atoms with E-state index in [0.717, 1.165) is 64.6 Å². The summed E-state index contributed by atoms with van der Waals surface area (Å²) in [5, 5.41) is 11.4. The van der Waals surface area contributed by atoms with Gasteiger partial charge in [0.25, 0.3) is 0 Å². The zero-order valence-electron chi connectivity index (χ0n) is 33.1. The molecule has 1 spiro atoms. The zero-order valence-corrected chi connectivity index (χ0v) is 38.1. The number of allylic oxidation sites excluding steroid dienone is 4. The third-order valence-corrected chi connectivity index (χ3v) is 28.0. The van der Waals surface area contributed by atoms with E-state index in [4.69, 9.17) is 9.47 Å². The van der Waals surface area contributed by atoms with Crippen molar-refractivity contribution in [2.45, 2.75) is 180 Å². The number of likely N-dealkylation sites (tertiary alicyclic amines) is 1. The van der Waals surface area contributed by atoms with E-state index in [-0.39, 0.29) is 30.4 Å². The molecule has 0 unspecified atom stereocenters. The number of fused-ring (bicyclic) bond motifs is 3. The van der Waals surface area contributed by atoms with E-state index in [0.29, 0.717) is 18.4 Å². The Hall–Kier alpha value is -0.201. The molecule has 5 aliphatic rings. The van der Waals surface area contributed by atoms with Crippen molar-refractivity contribution in [3.05, 3.63) is 44.6 Å². The standard InChI is InChI=1S/C32H46IN2O4.3C4H9.Sn/c1-2-3-6-20-34-21-8-10-24-15-16-26(38-30(24)34)12-4-5-13-27-23-29(37)35-22-9-18-32(31(35)39-27)25(17-19-33)11-7-14-28(32)36;3*1-3-4-2;/h1-3,6-7,14,17,19,24-28,30-31,36H,4-5,8-13,15-16,18,20-23H2;3*1,3-4H2,2H3;/b2-1?,6-3+,19-17-;;;;/t24-,25+,26+,27+,28+,30+,31-,32-;;;;/m0..../s1. The average Bonchev–Trinajstić information content (AvgIpc) is 3.16. The molecule has 0 aromatic rings. The molecule has 4 heterocycles. The van der Waals surface area contributed by atoms with Crippen molar-refractivity contribution in [2.24, 2.45) is 17.3 Å². The summed E-state index contributed by atoms with van der Waals surface area (Å²) in [5.74, 6) is 1.04. The summed E-state index contributed by atoms with van der Waals surface area (Å²) in [4.78, 5) is 18.0. The average molecular weight is 940 g/mol. The van der Waals surface area contributed by atoms with E-state index in [1.807, 2.05) is 11.0 Å². The third kappa shape index (κ3) is 11.0. The van der Waals surface area contributed by atoms with Gasteiger partial charge in [0.05, 0.1) is 24.0 Å². The Balaban J connectivity index is 1.11. The summed E-state index contributed by atoms with van der Waals surface area (Å²) in [7, 11) is 0. The van der Waals surface area contributed by atoms with E-state index in [2.05, 4.69) is 86.8 Å². The number of carbonyl (C=O) groups excluding carboxylic acids is 1. The molecule has 8 heteroatoms. The van der Waals surface area contributed by atoms with Crippen molar-refractivity contribution >= 4 is 46.9 Å². The first-order chi connectivity index (χ1) is 25.4. The molecule has 0 bridgehead atoms. The van der Waals surface area contributed by atoms with Crippen LogP contribution in [-0.4, -0.2) is 89.6 Å². The molecule has 8 atom stereocenters. The van der Waals surface area contributed by atoms with Crippen LogP contribution in [0.2, 0.25) is 13.3 Å². The van der Waals surface area contributed by atoms with E-state index in [9.17, 15) is 9.90 Å². The van der Waals surface area contributed by atoms with Gasteiger partial charge in [0, 0.05) is 6.54 Å². The molecule has 1 amide bonds. The van der Waals surface area contributed by atoms with Crippen molar-refractivity contribution in [1.29, 1.82) is 0 Å². The second kappa shape index (κ2) is 21.9. The second-order valence-corrected chi connectivity index (χ2v) is 30.7. The number of hydrogen-bond donors (Lipinski definition) is 1. The van der Waals surface area contributed by atoms with Gasteiger partial charge >= 0.3 is 199 Å². The van der Waals surface area contributed by atoms with Crippen molar-refractivity contribution in [1.82, 2.24) is 9.80 Å². The minimum absolute atomic E-state index is 0.0727. The molecule has 52 heavy (non-hydrogen) atoms. The van der Waals surface area contributed by atoms with Crippen molar-refractivity contribution in [2.75, 3.05) is 19.6 Å². The number of carbonyl (C=O) groups is 1. The summed E-state index contributed by atoms with van der Waals surface area (Å²) in [6, 6.07) is 0. The zero-order chi connectivity index (χ0) is 36.8. The molecular weight excluding hydrogens is 866 g/mol. The van der Waals surface area contributed by atoms with Gasteiger partial charge in [-0.3, -0.25) is 4.79 Å². The number of aliphatic hydroxyl groups excluding tert-OH is 1. The summed E-state index contributed by atoms with van der Waals surface area (Å²) < 4.78 is 23.2. The number of ether oxygens (including phenoxy) is 2. The maximum atomic E-state index is 13.4. The van der Waals surface area contributed by atoms with Gasteiger partial charge in [-0.2, -0.15) is 0 Å². The van der Waals surface area contributed by atoms with E-state index < -0.39 is 29.9 Å². The van der Waals surface area contributed by atoms with Gasteiger partial charge in [-0.1, -0.05) is 40.8 Å². The Morgan fingerprint density at radius 2 is 1.65 bits per heavy atom. The number of amides is 1. The third-order valence-electron chi connectivity index (χ3n) is 13.4. The van der Waals surface area contributed by atoms with Crippen LogP contribution in [0.15, 0.2) is 44.6 Å². The Labute approximate surface area is 335 Å². The molecule has 294 valence electrons. The Morgan fingerprint density at radius 3 is 2.37 bits per heavy atom. The van der Waals surface area contributed by atoms with Gasteiger partial charge in [-0.25, -0.2) is 0 Å². The van der Waals surface area contributed by atoms with E-state index in [1.54, 1.807) is 0 Å². The molecule has 4 fully saturated rings. The fourth-order valence-corrected chi connectivity index (χ4v) is 25.0. The predicted octanol–water partition coefficient (Wildman–Crippen LogP) is 10.9. The fraction of sp³-hybridized carbons (Fsp3) is 0.795. The number of nitrogens with zero attached hydrogens (tertiary/aromatic N) is 2. The number of aliphatic hydroxyl groups is 1. The van der Waals surface area contributed by atoms with Crippen LogP contribution < -0.4 is 0 Å². The molecular formula is C44H73IN2O4Sn. The second-order valence-electron chi connectivity index (χ2n) is 17.0. The Morgan fingerprint density at radius 1 is 0.923 bits per heavy atom. The molecule has 4 saturated heterocycles. The SMILES string of the molecule is CCC[CH2][Sn](/[CH]=C/C=C/CN1CCC[C@H]2CC[C@@H](CCCC[C@@H]3CC(=O)N4CCC[C@]5([C@H](O)C=CC[C@@H]5/C=C\I)[C@@H]4O3)O[C@H]21)([CH2]CCC)[CH2]CCC.